The van der Waals surface area contributed by atoms with Gasteiger partial charge in [-0.15, -0.1) is 0 Å². The number of nitrogens with zero attached hydrogens (tertiary/aromatic N) is 4. The Bertz CT molecular complexity index is 483. The first-order valence-corrected chi connectivity index (χ1v) is 5.14. The van der Waals surface area contributed by atoms with E-state index < -0.39 is 0 Å². The quantitative estimate of drug-likeness (QED) is 0.789. The molecule has 2 heterocycles. The minimum absolute atomic E-state index is 0.377. The Morgan fingerprint density at radius 3 is 3.06 bits per heavy atom. The zero-order chi connectivity index (χ0) is 12.1. The van der Waals surface area contributed by atoms with Crippen LogP contribution in [0.25, 0.3) is 0 Å². The lowest BCUT2D eigenvalue weighted by Crippen LogP contribution is -2.04. The van der Waals surface area contributed by atoms with Crippen molar-refractivity contribution in [2.45, 2.75) is 6.54 Å². The van der Waals surface area contributed by atoms with E-state index in [9.17, 15) is 0 Å². The van der Waals surface area contributed by atoms with E-state index in [2.05, 4.69) is 20.4 Å². The van der Waals surface area contributed by atoms with Crippen molar-refractivity contribution in [2.75, 3.05) is 24.8 Å². The molecule has 0 bridgehead atoms. The second-order valence-corrected chi connectivity index (χ2v) is 3.44. The molecule has 0 unspecified atom stereocenters. The molecule has 0 atom stereocenters. The van der Waals surface area contributed by atoms with Gasteiger partial charge < -0.3 is 15.8 Å². The van der Waals surface area contributed by atoms with Crippen molar-refractivity contribution in [1.82, 2.24) is 19.7 Å². The van der Waals surface area contributed by atoms with Gasteiger partial charge in [-0.05, 0) is 0 Å². The van der Waals surface area contributed by atoms with Gasteiger partial charge in [0.25, 0.3) is 0 Å². The van der Waals surface area contributed by atoms with Crippen LogP contribution in [0.15, 0.2) is 24.8 Å². The number of rotatable bonds is 5. The summed E-state index contributed by atoms with van der Waals surface area (Å²) in [5, 5.41) is 7.23. The van der Waals surface area contributed by atoms with Gasteiger partial charge in [0.2, 0.25) is 0 Å². The zero-order valence-electron chi connectivity index (χ0n) is 9.50. The van der Waals surface area contributed by atoms with Crippen LogP contribution in [-0.4, -0.2) is 33.5 Å². The normalized spacial score (nSPS) is 10.4. The molecule has 7 heteroatoms. The highest BCUT2D eigenvalue weighted by atomic mass is 16.5. The summed E-state index contributed by atoms with van der Waals surface area (Å²) in [6.45, 7) is 1.33. The van der Waals surface area contributed by atoms with Gasteiger partial charge in [0.15, 0.2) is 5.82 Å². The molecule has 2 aromatic heterocycles. The predicted molar refractivity (Wildman–Crippen MR) is 63.8 cm³/mol. The van der Waals surface area contributed by atoms with Crippen molar-refractivity contribution in [3.05, 3.63) is 24.8 Å². The van der Waals surface area contributed by atoms with Gasteiger partial charge in [-0.3, -0.25) is 9.67 Å². The van der Waals surface area contributed by atoms with Crippen LogP contribution in [0.4, 0.5) is 17.3 Å². The van der Waals surface area contributed by atoms with E-state index in [1.165, 1.54) is 6.20 Å². The number of hydrogen-bond acceptors (Lipinski definition) is 6. The Balaban J connectivity index is 2.01. The van der Waals surface area contributed by atoms with Crippen LogP contribution in [0.2, 0.25) is 0 Å². The fourth-order valence-electron chi connectivity index (χ4n) is 1.32. The molecular formula is C10H14N6O. The molecule has 0 amide bonds. The number of anilines is 3. The van der Waals surface area contributed by atoms with Gasteiger partial charge in [-0.25, -0.2) is 4.98 Å². The fraction of sp³-hybridized carbons (Fsp3) is 0.300. The molecule has 0 saturated heterocycles. The Hall–Kier alpha value is -2.15. The number of nitrogen functional groups attached to an aromatic ring is 1. The van der Waals surface area contributed by atoms with Gasteiger partial charge in [0, 0.05) is 13.3 Å². The van der Waals surface area contributed by atoms with Crippen LogP contribution in [-0.2, 0) is 11.3 Å². The van der Waals surface area contributed by atoms with Gasteiger partial charge in [-0.2, -0.15) is 5.10 Å². The van der Waals surface area contributed by atoms with Gasteiger partial charge in [0.05, 0.1) is 37.4 Å². The zero-order valence-corrected chi connectivity index (χ0v) is 9.50. The van der Waals surface area contributed by atoms with Crippen molar-refractivity contribution in [3.8, 4) is 0 Å². The Kier molecular flexibility index (Phi) is 3.51. The highest BCUT2D eigenvalue weighted by molar-refractivity contribution is 5.54. The number of aromatic nitrogens is 4. The van der Waals surface area contributed by atoms with Crippen molar-refractivity contribution in [3.63, 3.8) is 0 Å². The van der Waals surface area contributed by atoms with Crippen LogP contribution < -0.4 is 11.1 Å². The average molecular weight is 234 g/mol. The summed E-state index contributed by atoms with van der Waals surface area (Å²) < 4.78 is 6.75. The van der Waals surface area contributed by atoms with E-state index >= 15 is 0 Å². The van der Waals surface area contributed by atoms with Gasteiger partial charge in [-0.1, -0.05) is 0 Å². The lowest BCUT2D eigenvalue weighted by molar-refractivity contribution is 0.183. The second kappa shape index (κ2) is 5.26. The summed E-state index contributed by atoms with van der Waals surface area (Å²) in [5.74, 6) is 0.970. The minimum atomic E-state index is 0.377. The first kappa shape index (κ1) is 11.3. The largest absolute Gasteiger partial charge is 0.383 e. The lowest BCUT2D eigenvalue weighted by Gasteiger charge is -2.02. The monoisotopic (exact) mass is 234 g/mol. The average Bonchev–Trinajstić information content (AvgIpc) is 2.74. The summed E-state index contributed by atoms with van der Waals surface area (Å²) in [6, 6.07) is 0. The topological polar surface area (TPSA) is 90.9 Å². The van der Waals surface area contributed by atoms with Crippen molar-refractivity contribution < 1.29 is 4.74 Å². The first-order valence-electron chi connectivity index (χ1n) is 5.14. The van der Waals surface area contributed by atoms with Gasteiger partial charge in [0.1, 0.15) is 5.82 Å². The highest BCUT2D eigenvalue weighted by Crippen LogP contribution is 2.12. The van der Waals surface area contributed by atoms with Crippen LogP contribution in [0.3, 0.4) is 0 Å². The third-order valence-electron chi connectivity index (χ3n) is 2.08. The van der Waals surface area contributed by atoms with Crippen LogP contribution in [0.5, 0.6) is 0 Å². The Labute approximate surface area is 98.6 Å². The molecule has 7 nitrogen and oxygen atoms in total. The van der Waals surface area contributed by atoms with E-state index in [4.69, 9.17) is 10.5 Å². The molecule has 0 radical (unpaired) electrons. The highest BCUT2D eigenvalue weighted by Gasteiger charge is 2.00. The van der Waals surface area contributed by atoms with Gasteiger partial charge >= 0.3 is 0 Å². The third kappa shape index (κ3) is 3.15. The molecular weight excluding hydrogens is 220 g/mol. The standard InChI is InChI=1S/C10H14N6O/c1-17-3-2-16-7-8(4-13-16)14-10-6-12-5-9(11)15-10/h4-7H,2-3H2,1H3,(H3,11,14,15). The maximum atomic E-state index is 5.53. The SMILES string of the molecule is COCCn1cc(Nc2cncc(N)n2)cn1. The van der Waals surface area contributed by atoms with Crippen molar-refractivity contribution in [1.29, 1.82) is 0 Å². The Morgan fingerprint density at radius 1 is 1.41 bits per heavy atom. The Morgan fingerprint density at radius 2 is 2.29 bits per heavy atom. The summed E-state index contributed by atoms with van der Waals surface area (Å²) in [4.78, 5) is 8.02. The molecule has 2 rings (SSSR count). The fourth-order valence-corrected chi connectivity index (χ4v) is 1.32. The lowest BCUT2D eigenvalue weighted by atomic mass is 10.5. The third-order valence-corrected chi connectivity index (χ3v) is 2.08. The first-order chi connectivity index (χ1) is 8.28. The number of methoxy groups -OCH3 is 1. The summed E-state index contributed by atoms with van der Waals surface area (Å²) >= 11 is 0. The summed E-state index contributed by atoms with van der Waals surface area (Å²) in [5.41, 5.74) is 6.37. The van der Waals surface area contributed by atoms with Crippen molar-refractivity contribution >= 4 is 17.3 Å². The molecule has 0 aromatic carbocycles. The summed E-state index contributed by atoms with van der Waals surface area (Å²) in [7, 11) is 1.66. The molecule has 0 spiro atoms. The van der Waals surface area contributed by atoms with Crippen LogP contribution in [0, 0.1) is 0 Å². The molecule has 90 valence electrons. The van der Waals surface area contributed by atoms with E-state index in [1.54, 1.807) is 24.2 Å². The number of nitrogens with two attached hydrogens (primary N) is 1. The molecule has 0 aliphatic rings. The molecule has 0 saturated carbocycles. The van der Waals surface area contributed by atoms with E-state index in [0.29, 0.717) is 24.8 Å². The second-order valence-electron chi connectivity index (χ2n) is 3.44. The van der Waals surface area contributed by atoms with E-state index in [0.717, 1.165) is 5.69 Å². The molecule has 3 N–H and O–H groups in total. The molecule has 2 aromatic rings. The number of ether oxygens (including phenoxy) is 1. The molecule has 0 aliphatic carbocycles. The number of hydrogen-bond donors (Lipinski definition) is 2. The predicted octanol–water partition coefficient (Wildman–Crippen LogP) is 0.645. The molecule has 0 fully saturated rings. The van der Waals surface area contributed by atoms with E-state index in [-0.39, 0.29) is 0 Å². The molecule has 17 heavy (non-hydrogen) atoms. The van der Waals surface area contributed by atoms with Crippen LogP contribution in [0.1, 0.15) is 0 Å². The van der Waals surface area contributed by atoms with Crippen molar-refractivity contribution in [2.24, 2.45) is 0 Å². The summed E-state index contributed by atoms with van der Waals surface area (Å²) in [6.07, 6.45) is 6.67. The van der Waals surface area contributed by atoms with E-state index in [1.807, 2.05) is 6.20 Å². The molecule has 0 aliphatic heterocycles. The minimum Gasteiger partial charge on any atom is -0.383 e. The maximum absolute atomic E-state index is 5.53. The smallest absolute Gasteiger partial charge is 0.151 e. The number of nitrogens with one attached hydrogen (secondary N) is 1. The maximum Gasteiger partial charge on any atom is 0.151 e. The van der Waals surface area contributed by atoms with Crippen LogP contribution >= 0.6 is 0 Å².